The smallest absolute Gasteiger partial charge is 0.00129 e. The van der Waals surface area contributed by atoms with Gasteiger partial charge in [0.25, 0.3) is 0 Å². The molecule has 3 heteroatoms. The van der Waals surface area contributed by atoms with Crippen LogP contribution in [-0.4, -0.2) is 37.6 Å². The van der Waals surface area contributed by atoms with Crippen LogP contribution in [0.5, 0.6) is 0 Å². The summed E-state index contributed by atoms with van der Waals surface area (Å²) in [6.45, 7) is 6.35. The quantitative estimate of drug-likeness (QED) is 0.773. The summed E-state index contributed by atoms with van der Waals surface area (Å²) in [6, 6.07) is 15.8. The Balaban J connectivity index is 0.00000196. The van der Waals surface area contributed by atoms with E-state index in [2.05, 4.69) is 52.7 Å². The van der Waals surface area contributed by atoms with Crippen LogP contribution < -0.4 is 5.32 Å². The van der Waals surface area contributed by atoms with Crippen molar-refractivity contribution in [2.45, 2.75) is 44.4 Å². The molecular weight excluding hydrogens is 340 g/mol. The van der Waals surface area contributed by atoms with E-state index < -0.39 is 0 Å². The van der Waals surface area contributed by atoms with Gasteiger partial charge in [-0.25, -0.2) is 0 Å². The minimum absolute atomic E-state index is 0. The molecule has 2 aliphatic heterocycles. The number of benzene rings is 2. The Hall–Kier alpha value is -1.09. The summed E-state index contributed by atoms with van der Waals surface area (Å²) in [6.07, 6.45) is 8.26. The van der Waals surface area contributed by atoms with Gasteiger partial charge >= 0.3 is 0 Å². The molecule has 2 heterocycles. The maximum absolute atomic E-state index is 3.55. The molecule has 1 unspecified atom stereocenters. The van der Waals surface area contributed by atoms with Crippen LogP contribution in [0.15, 0.2) is 42.5 Å². The monoisotopic (exact) mass is 372 g/mol. The van der Waals surface area contributed by atoms with Crippen LogP contribution in [0, 0.1) is 5.92 Å². The third-order valence-corrected chi connectivity index (χ3v) is 6.32. The fourth-order valence-electron chi connectivity index (χ4n) is 4.73. The molecule has 26 heavy (non-hydrogen) atoms. The summed E-state index contributed by atoms with van der Waals surface area (Å²) in [4.78, 5) is 2.70. The lowest BCUT2D eigenvalue weighted by Crippen LogP contribution is -2.34. The highest BCUT2D eigenvalue weighted by atomic mass is 35.5. The van der Waals surface area contributed by atoms with E-state index in [0.717, 1.165) is 11.8 Å². The zero-order chi connectivity index (χ0) is 16.9. The molecule has 2 saturated heterocycles. The summed E-state index contributed by atoms with van der Waals surface area (Å²) >= 11 is 0. The summed E-state index contributed by atoms with van der Waals surface area (Å²) in [5.74, 6) is 1.69. The third-order valence-electron chi connectivity index (χ3n) is 6.32. The SMILES string of the molecule is Cl.c1ccc2cc(C3CCN(CCCC4CCCNC4)CC3)ccc2c1. The molecule has 0 bridgehead atoms. The number of rotatable bonds is 5. The molecule has 142 valence electrons. The lowest BCUT2D eigenvalue weighted by molar-refractivity contribution is 0.202. The molecule has 1 atom stereocenters. The van der Waals surface area contributed by atoms with Gasteiger partial charge in [-0.1, -0.05) is 42.5 Å². The number of nitrogens with zero attached hydrogens (tertiary/aromatic N) is 1. The van der Waals surface area contributed by atoms with Crippen LogP contribution in [0.1, 0.15) is 50.0 Å². The highest BCUT2D eigenvalue weighted by Crippen LogP contribution is 2.30. The fourth-order valence-corrected chi connectivity index (χ4v) is 4.73. The third kappa shape index (κ3) is 5.00. The van der Waals surface area contributed by atoms with Crippen molar-refractivity contribution >= 4 is 23.2 Å². The number of nitrogens with one attached hydrogen (secondary N) is 1. The van der Waals surface area contributed by atoms with Gasteiger partial charge in [-0.05, 0) is 99.4 Å². The van der Waals surface area contributed by atoms with E-state index in [1.54, 1.807) is 5.56 Å². The van der Waals surface area contributed by atoms with Gasteiger partial charge in [0.2, 0.25) is 0 Å². The molecule has 2 nitrogen and oxygen atoms in total. The molecule has 0 amide bonds. The number of hydrogen-bond donors (Lipinski definition) is 1. The van der Waals surface area contributed by atoms with Crippen molar-refractivity contribution in [3.8, 4) is 0 Å². The topological polar surface area (TPSA) is 15.3 Å². The van der Waals surface area contributed by atoms with Crippen LogP contribution in [0.2, 0.25) is 0 Å². The van der Waals surface area contributed by atoms with Crippen molar-refractivity contribution in [3.63, 3.8) is 0 Å². The lowest BCUT2D eigenvalue weighted by atomic mass is 9.88. The predicted molar refractivity (Wildman–Crippen MR) is 114 cm³/mol. The van der Waals surface area contributed by atoms with Crippen LogP contribution in [0.4, 0.5) is 0 Å². The van der Waals surface area contributed by atoms with Gasteiger partial charge in [0, 0.05) is 0 Å². The van der Waals surface area contributed by atoms with E-state index in [0.29, 0.717) is 0 Å². The highest BCUT2D eigenvalue weighted by Gasteiger charge is 2.21. The van der Waals surface area contributed by atoms with Gasteiger partial charge in [0.05, 0.1) is 0 Å². The first-order chi connectivity index (χ1) is 12.4. The number of likely N-dealkylation sites (tertiary alicyclic amines) is 1. The Morgan fingerprint density at radius 2 is 1.77 bits per heavy atom. The maximum Gasteiger partial charge on any atom is -0.00129 e. The molecule has 2 fully saturated rings. The van der Waals surface area contributed by atoms with E-state index >= 15 is 0 Å². The first kappa shape index (κ1) is 19.7. The Kier molecular flexibility index (Phi) is 7.36. The molecular formula is C23H33ClN2. The molecule has 0 saturated carbocycles. The van der Waals surface area contributed by atoms with Gasteiger partial charge in [-0.15, -0.1) is 12.4 Å². The average Bonchev–Trinajstić information content (AvgIpc) is 2.69. The predicted octanol–water partition coefficient (Wildman–Crippen LogP) is 5.22. The average molecular weight is 373 g/mol. The molecule has 2 aliphatic rings. The van der Waals surface area contributed by atoms with Gasteiger partial charge in [-0.3, -0.25) is 0 Å². The van der Waals surface area contributed by atoms with Gasteiger partial charge in [0.1, 0.15) is 0 Å². The van der Waals surface area contributed by atoms with Crippen molar-refractivity contribution in [3.05, 3.63) is 48.0 Å². The van der Waals surface area contributed by atoms with Crippen molar-refractivity contribution in [1.29, 1.82) is 0 Å². The highest BCUT2D eigenvalue weighted by molar-refractivity contribution is 5.85. The first-order valence-corrected chi connectivity index (χ1v) is 10.3. The molecule has 0 radical (unpaired) electrons. The van der Waals surface area contributed by atoms with Gasteiger partial charge in [-0.2, -0.15) is 0 Å². The van der Waals surface area contributed by atoms with Crippen LogP contribution >= 0.6 is 12.4 Å². The van der Waals surface area contributed by atoms with Crippen molar-refractivity contribution in [2.24, 2.45) is 5.92 Å². The second-order valence-corrected chi connectivity index (χ2v) is 8.08. The zero-order valence-electron chi connectivity index (χ0n) is 15.8. The maximum atomic E-state index is 3.55. The molecule has 2 aromatic rings. The number of hydrogen-bond acceptors (Lipinski definition) is 2. The molecule has 0 spiro atoms. The minimum atomic E-state index is 0. The fraction of sp³-hybridized carbons (Fsp3) is 0.565. The second kappa shape index (κ2) is 9.73. The van der Waals surface area contributed by atoms with Crippen LogP contribution in [0.3, 0.4) is 0 Å². The largest absolute Gasteiger partial charge is 0.316 e. The Labute approximate surface area is 164 Å². The number of piperidine rings is 2. The van der Waals surface area contributed by atoms with E-state index in [1.165, 1.54) is 82.0 Å². The zero-order valence-corrected chi connectivity index (χ0v) is 16.6. The Bertz CT molecular complexity index is 673. The van der Waals surface area contributed by atoms with Crippen molar-refractivity contribution < 1.29 is 0 Å². The molecule has 0 aliphatic carbocycles. The molecule has 4 rings (SSSR count). The van der Waals surface area contributed by atoms with Gasteiger partial charge < -0.3 is 10.2 Å². The Morgan fingerprint density at radius 3 is 2.54 bits per heavy atom. The van der Waals surface area contributed by atoms with Crippen LogP contribution in [0.25, 0.3) is 10.8 Å². The summed E-state index contributed by atoms with van der Waals surface area (Å²) in [5.41, 5.74) is 1.55. The van der Waals surface area contributed by atoms with E-state index in [4.69, 9.17) is 0 Å². The summed E-state index contributed by atoms with van der Waals surface area (Å²) < 4.78 is 0. The number of halogens is 1. The van der Waals surface area contributed by atoms with Crippen LogP contribution in [-0.2, 0) is 0 Å². The van der Waals surface area contributed by atoms with E-state index in [9.17, 15) is 0 Å². The minimum Gasteiger partial charge on any atom is -0.316 e. The molecule has 1 N–H and O–H groups in total. The summed E-state index contributed by atoms with van der Waals surface area (Å²) in [5, 5.41) is 6.30. The van der Waals surface area contributed by atoms with Gasteiger partial charge in [0.15, 0.2) is 0 Å². The second-order valence-electron chi connectivity index (χ2n) is 8.08. The lowest BCUT2D eigenvalue weighted by Gasteiger charge is -2.33. The van der Waals surface area contributed by atoms with E-state index in [-0.39, 0.29) is 12.4 Å². The van der Waals surface area contributed by atoms with E-state index in [1.807, 2.05) is 0 Å². The number of fused-ring (bicyclic) bond motifs is 1. The summed E-state index contributed by atoms with van der Waals surface area (Å²) in [7, 11) is 0. The Morgan fingerprint density at radius 1 is 0.962 bits per heavy atom. The first-order valence-electron chi connectivity index (χ1n) is 10.3. The standard InChI is InChI=1S/C23H32N2.ClH/c1-2-8-22-17-23(10-9-20(22)7-1)21-11-15-25(16-12-21)14-4-6-19-5-3-13-24-18-19;/h1-2,7-10,17,19,21,24H,3-6,11-16,18H2;1H. The molecule has 2 aromatic carbocycles. The molecule has 0 aromatic heterocycles. The van der Waals surface area contributed by atoms with Crippen molar-refractivity contribution in [2.75, 3.05) is 32.7 Å². The normalized spacial score (nSPS) is 22.2. The van der Waals surface area contributed by atoms with Crippen molar-refractivity contribution in [1.82, 2.24) is 10.2 Å².